The van der Waals surface area contributed by atoms with Crippen molar-refractivity contribution in [1.29, 1.82) is 0 Å². The van der Waals surface area contributed by atoms with Crippen molar-refractivity contribution in [3.8, 4) is 0 Å². The molecule has 0 bridgehead atoms. The zero-order chi connectivity index (χ0) is 33.3. The smallest absolute Gasteiger partial charge is 0.397 e. The van der Waals surface area contributed by atoms with Gasteiger partial charge in [-0.2, -0.15) is 8.42 Å². The molecule has 0 spiro atoms. The summed E-state index contributed by atoms with van der Waals surface area (Å²) in [6, 6.07) is 0. The quantitative estimate of drug-likeness (QED) is 0.0476. The highest BCUT2D eigenvalue weighted by molar-refractivity contribution is 7.80. The zero-order valence-corrected chi connectivity index (χ0v) is 28.5. The summed E-state index contributed by atoms with van der Waals surface area (Å²) in [5.41, 5.74) is 0. The molecule has 1 aliphatic heterocycles. The fourth-order valence-corrected chi connectivity index (χ4v) is 5.83. The van der Waals surface area contributed by atoms with Crippen LogP contribution >= 0.6 is 0 Å². The van der Waals surface area contributed by atoms with E-state index in [1.807, 2.05) is 0 Å². The SMILES string of the molecule is CCCCCCCCCCCCCCCOCC(COC1OC(CO)C(O)C(OS(=O)(=O)O)C1O)OC(=O)CCCCCCC. The van der Waals surface area contributed by atoms with Gasteiger partial charge < -0.3 is 34.3 Å². The van der Waals surface area contributed by atoms with Gasteiger partial charge in [-0.05, 0) is 12.8 Å². The molecule has 13 heteroatoms. The van der Waals surface area contributed by atoms with Crippen molar-refractivity contribution in [3.05, 3.63) is 0 Å². The maximum atomic E-state index is 12.5. The second-order valence-electron chi connectivity index (χ2n) is 12.1. The zero-order valence-electron chi connectivity index (χ0n) is 27.7. The average molecular weight is 671 g/mol. The van der Waals surface area contributed by atoms with Crippen LogP contribution in [0.1, 0.15) is 136 Å². The van der Waals surface area contributed by atoms with Crippen LogP contribution in [0, 0.1) is 0 Å². The molecule has 1 fully saturated rings. The molecule has 0 amide bonds. The predicted octanol–water partition coefficient (Wildman–Crippen LogP) is 5.01. The number of rotatable bonds is 29. The highest BCUT2D eigenvalue weighted by Gasteiger charge is 2.48. The van der Waals surface area contributed by atoms with Crippen LogP contribution in [-0.2, 0) is 38.3 Å². The van der Waals surface area contributed by atoms with Gasteiger partial charge in [-0.25, -0.2) is 4.18 Å². The van der Waals surface area contributed by atoms with Crippen LogP contribution in [0.15, 0.2) is 0 Å². The first-order valence-electron chi connectivity index (χ1n) is 17.3. The number of unbranched alkanes of at least 4 members (excludes halogenated alkanes) is 16. The fraction of sp³-hybridized carbons (Fsp3) is 0.969. The Bertz CT molecular complexity index is 827. The number of hydrogen-bond acceptors (Lipinski definition) is 11. The number of hydrogen-bond donors (Lipinski definition) is 4. The third-order valence-corrected chi connectivity index (χ3v) is 8.44. The largest absolute Gasteiger partial charge is 0.457 e. The minimum absolute atomic E-state index is 0.0413. The molecule has 1 aliphatic rings. The van der Waals surface area contributed by atoms with E-state index in [1.54, 1.807) is 0 Å². The molecule has 0 aliphatic carbocycles. The second kappa shape index (κ2) is 26.1. The molecule has 45 heavy (non-hydrogen) atoms. The summed E-state index contributed by atoms with van der Waals surface area (Å²) in [7, 11) is -5.04. The first kappa shape index (κ1) is 42.1. The summed E-state index contributed by atoms with van der Waals surface area (Å²) in [6.45, 7) is 3.87. The number of aliphatic hydroxyl groups excluding tert-OH is 3. The first-order valence-corrected chi connectivity index (χ1v) is 18.7. The lowest BCUT2D eigenvalue weighted by Crippen LogP contribution is -2.60. The Morgan fingerprint density at radius 1 is 0.756 bits per heavy atom. The summed E-state index contributed by atoms with van der Waals surface area (Å²) in [5, 5.41) is 30.3. The maximum Gasteiger partial charge on any atom is 0.397 e. The molecule has 268 valence electrons. The van der Waals surface area contributed by atoms with Crippen LogP contribution in [-0.4, -0.2) is 97.5 Å². The summed E-state index contributed by atoms with van der Waals surface area (Å²) in [5.74, 6) is -0.411. The Morgan fingerprint density at radius 2 is 1.27 bits per heavy atom. The van der Waals surface area contributed by atoms with Crippen LogP contribution in [0.5, 0.6) is 0 Å². The number of ether oxygens (including phenoxy) is 4. The molecule has 0 aromatic heterocycles. The molecule has 0 saturated carbocycles. The molecule has 1 saturated heterocycles. The number of carbonyl (C=O) groups is 1. The molecule has 1 rings (SSSR count). The van der Waals surface area contributed by atoms with Crippen LogP contribution in [0.25, 0.3) is 0 Å². The Balaban J connectivity index is 2.48. The van der Waals surface area contributed by atoms with Crippen LogP contribution in [0.2, 0.25) is 0 Å². The Labute approximate surface area is 271 Å². The van der Waals surface area contributed by atoms with E-state index >= 15 is 0 Å². The average Bonchev–Trinajstić information content (AvgIpc) is 3.00. The number of aliphatic hydroxyl groups is 3. The van der Waals surface area contributed by atoms with Crippen LogP contribution in [0.4, 0.5) is 0 Å². The highest BCUT2D eigenvalue weighted by Crippen LogP contribution is 2.26. The van der Waals surface area contributed by atoms with Crippen LogP contribution in [0.3, 0.4) is 0 Å². The molecule has 0 aromatic carbocycles. The Hall–Kier alpha value is -0.900. The van der Waals surface area contributed by atoms with E-state index in [-0.39, 0.29) is 19.6 Å². The lowest BCUT2D eigenvalue weighted by atomic mass is 9.99. The molecule has 1 heterocycles. The first-order chi connectivity index (χ1) is 21.6. The maximum absolute atomic E-state index is 12.5. The van der Waals surface area contributed by atoms with Gasteiger partial charge in [0, 0.05) is 13.0 Å². The Morgan fingerprint density at radius 3 is 1.78 bits per heavy atom. The van der Waals surface area contributed by atoms with Crippen molar-refractivity contribution in [3.63, 3.8) is 0 Å². The number of esters is 1. The van der Waals surface area contributed by atoms with E-state index in [1.165, 1.54) is 64.2 Å². The molecule has 12 nitrogen and oxygen atoms in total. The molecule has 6 unspecified atom stereocenters. The van der Waals surface area contributed by atoms with Crippen molar-refractivity contribution >= 4 is 16.4 Å². The molecular weight excluding hydrogens is 608 g/mol. The summed E-state index contributed by atoms with van der Waals surface area (Å²) >= 11 is 0. The summed E-state index contributed by atoms with van der Waals surface area (Å²) in [4.78, 5) is 12.5. The summed E-state index contributed by atoms with van der Waals surface area (Å²) in [6.07, 6.45) is 12.0. The molecule has 0 radical (unpaired) electrons. The normalized spacial score (nSPS) is 22.8. The predicted molar refractivity (Wildman–Crippen MR) is 170 cm³/mol. The standard InChI is InChI=1S/C32H62O12S/c1-3-5-7-9-10-11-12-13-14-15-16-18-20-22-40-24-26(42-28(34)21-19-17-8-6-4-2)25-41-32-30(36)31(44-45(37,38)39)29(35)27(23-33)43-32/h26-27,29-33,35-36H,3-25H2,1-2H3,(H,37,38,39). The van der Waals surface area contributed by atoms with Gasteiger partial charge in [0.15, 0.2) is 6.29 Å². The van der Waals surface area contributed by atoms with E-state index in [9.17, 15) is 28.5 Å². The van der Waals surface area contributed by atoms with Gasteiger partial charge in [-0.1, -0.05) is 117 Å². The second-order valence-corrected chi connectivity index (χ2v) is 13.2. The van der Waals surface area contributed by atoms with Crippen molar-refractivity contribution in [2.24, 2.45) is 0 Å². The van der Waals surface area contributed by atoms with Gasteiger partial charge in [0.05, 0.1) is 19.8 Å². The van der Waals surface area contributed by atoms with Gasteiger partial charge in [0.2, 0.25) is 0 Å². The van der Waals surface area contributed by atoms with Crippen molar-refractivity contribution in [2.45, 2.75) is 173 Å². The molecule has 6 atom stereocenters. The lowest BCUT2D eigenvalue weighted by molar-refractivity contribution is -0.301. The fourth-order valence-electron chi connectivity index (χ4n) is 5.32. The van der Waals surface area contributed by atoms with Crippen molar-refractivity contribution in [2.75, 3.05) is 26.4 Å². The minimum Gasteiger partial charge on any atom is -0.457 e. The van der Waals surface area contributed by atoms with Gasteiger partial charge in [0.25, 0.3) is 0 Å². The third-order valence-electron chi connectivity index (χ3n) is 7.98. The van der Waals surface area contributed by atoms with Crippen molar-refractivity contribution < 1.29 is 56.2 Å². The van der Waals surface area contributed by atoms with Crippen molar-refractivity contribution in [1.82, 2.24) is 0 Å². The van der Waals surface area contributed by atoms with Gasteiger partial charge in [0.1, 0.15) is 30.5 Å². The minimum atomic E-state index is -5.04. The van der Waals surface area contributed by atoms with E-state index in [4.69, 9.17) is 23.5 Å². The lowest BCUT2D eigenvalue weighted by Gasteiger charge is -2.41. The Kier molecular flexibility index (Phi) is 24.4. The highest BCUT2D eigenvalue weighted by atomic mass is 32.3. The summed E-state index contributed by atoms with van der Waals surface area (Å²) < 4.78 is 58.3. The van der Waals surface area contributed by atoms with E-state index in [0.29, 0.717) is 13.0 Å². The third kappa shape index (κ3) is 20.8. The molecular formula is C32H62O12S. The van der Waals surface area contributed by atoms with Gasteiger partial charge in [-0.3, -0.25) is 9.35 Å². The number of carbonyl (C=O) groups excluding carboxylic acids is 1. The van der Waals surface area contributed by atoms with E-state index in [2.05, 4.69) is 18.0 Å². The molecule has 0 aromatic rings. The van der Waals surface area contributed by atoms with E-state index < -0.39 is 59.8 Å². The monoisotopic (exact) mass is 670 g/mol. The van der Waals surface area contributed by atoms with Gasteiger partial charge in [-0.15, -0.1) is 0 Å². The van der Waals surface area contributed by atoms with Gasteiger partial charge >= 0.3 is 16.4 Å². The molecule has 4 N–H and O–H groups in total. The topological polar surface area (TPSA) is 178 Å². The van der Waals surface area contributed by atoms with E-state index in [0.717, 1.165) is 44.9 Å². The van der Waals surface area contributed by atoms with Crippen LogP contribution < -0.4 is 0 Å².